The zero-order chi connectivity index (χ0) is 39.8. The number of aliphatic hydroxyl groups excluding tert-OH is 1. The van der Waals surface area contributed by atoms with E-state index in [4.69, 9.17) is 68.0 Å². The van der Waals surface area contributed by atoms with Crippen molar-refractivity contribution in [3.05, 3.63) is 75.8 Å². The number of aliphatic hydroxyl groups is 1. The molecule has 0 aromatic heterocycles. The van der Waals surface area contributed by atoms with Crippen molar-refractivity contribution in [2.45, 2.75) is 68.7 Å². The maximum absolute atomic E-state index is 15.1. The molecule has 2 amide bonds. The molecule has 17 heteroatoms. The highest BCUT2D eigenvalue weighted by Crippen LogP contribution is 2.54. The lowest BCUT2D eigenvalue weighted by atomic mass is 9.78. The summed E-state index contributed by atoms with van der Waals surface area (Å²) in [5.74, 6) is -0.675. The van der Waals surface area contributed by atoms with E-state index >= 15 is 4.79 Å². The van der Waals surface area contributed by atoms with Gasteiger partial charge in [-0.05, 0) is 36.6 Å². The minimum atomic E-state index is -1.97. The van der Waals surface area contributed by atoms with Crippen molar-refractivity contribution in [3.8, 4) is 28.7 Å². The summed E-state index contributed by atoms with van der Waals surface area (Å²) >= 11 is 17.9. The monoisotopic (exact) mass is 820 g/mol. The van der Waals surface area contributed by atoms with Crippen LogP contribution in [0.1, 0.15) is 59.3 Å². The van der Waals surface area contributed by atoms with E-state index in [-0.39, 0.29) is 48.4 Å². The summed E-state index contributed by atoms with van der Waals surface area (Å²) in [6.07, 6.45) is -1.02. The number of methoxy groups -OCH3 is 1. The van der Waals surface area contributed by atoms with Crippen LogP contribution in [0.5, 0.6) is 28.7 Å². The van der Waals surface area contributed by atoms with E-state index in [1.54, 1.807) is 6.92 Å². The number of halogens is 3. The molecule has 1 N–H and O–H groups in total. The van der Waals surface area contributed by atoms with Gasteiger partial charge in [0.25, 0.3) is 0 Å². The van der Waals surface area contributed by atoms with Crippen molar-refractivity contribution in [2.24, 2.45) is 0 Å². The number of nitrogens with zero attached hydrogens (tertiary/aromatic N) is 2. The number of carbonyl (C=O) groups excluding carboxylic acids is 4. The second kappa shape index (κ2) is 16.2. The van der Waals surface area contributed by atoms with E-state index in [1.165, 1.54) is 36.8 Å². The van der Waals surface area contributed by atoms with Crippen LogP contribution < -0.4 is 23.7 Å². The molecule has 3 aliphatic rings. The van der Waals surface area contributed by atoms with Crippen molar-refractivity contribution in [1.82, 2.24) is 9.80 Å². The Morgan fingerprint density at radius 2 is 1.71 bits per heavy atom. The van der Waals surface area contributed by atoms with Crippen LogP contribution in [0.15, 0.2) is 42.5 Å². The largest absolute Gasteiger partial charge is 0.493 e. The van der Waals surface area contributed by atoms with Crippen molar-refractivity contribution < 1.29 is 57.4 Å². The molecule has 14 nitrogen and oxygen atoms in total. The second-order valence-corrected chi connectivity index (χ2v) is 15.7. The number of fused-ring (bicyclic) bond motifs is 5. The molecule has 294 valence electrons. The average molecular weight is 822 g/mol. The first-order valence-electron chi connectivity index (χ1n) is 17.2. The van der Waals surface area contributed by atoms with Gasteiger partial charge in [0.2, 0.25) is 16.5 Å². The Kier molecular flexibility index (Phi) is 11.8. The number of hydrogen-bond acceptors (Lipinski definition) is 12. The summed E-state index contributed by atoms with van der Waals surface area (Å²) in [5.41, 5.74) is 3.37. The lowest BCUT2D eigenvalue weighted by Crippen LogP contribution is -2.68. The number of amides is 2. The topological polar surface area (TPSA) is 160 Å². The SMILES string of the molecule is COc1c(C)cc2c(c1OCc1ccccc1)[C@@H]1[C@H](CO)N([C@@H](COC(C)=O)c3cc(OC(C)=O)c(C)c4c3OCO4)C(=O)C(C2)N1C(=O)OCC(Cl)(Cl)Cl. The Bertz CT molecular complexity index is 1990. The van der Waals surface area contributed by atoms with E-state index in [9.17, 15) is 19.5 Å². The van der Waals surface area contributed by atoms with Gasteiger partial charge >= 0.3 is 18.0 Å². The molecule has 1 fully saturated rings. The van der Waals surface area contributed by atoms with Crippen LogP contribution in [0.25, 0.3) is 0 Å². The van der Waals surface area contributed by atoms with Crippen LogP contribution >= 0.6 is 34.8 Å². The Hall–Kier alpha value is -4.63. The Morgan fingerprint density at radius 3 is 2.35 bits per heavy atom. The van der Waals surface area contributed by atoms with Crippen LogP contribution in [0.4, 0.5) is 4.79 Å². The molecule has 3 aromatic rings. The normalized spacial score (nSPS) is 19.0. The fourth-order valence-corrected chi connectivity index (χ4v) is 7.60. The number of hydrogen-bond donors (Lipinski definition) is 1. The molecule has 55 heavy (non-hydrogen) atoms. The van der Waals surface area contributed by atoms with Gasteiger partial charge in [-0.25, -0.2) is 4.79 Å². The predicted octanol–water partition coefficient (Wildman–Crippen LogP) is 5.83. The quantitative estimate of drug-likeness (QED) is 0.140. The average Bonchev–Trinajstić information content (AvgIpc) is 3.63. The van der Waals surface area contributed by atoms with Crippen LogP contribution in [-0.4, -0.2) is 88.4 Å². The molecule has 0 saturated carbocycles. The third-order valence-electron chi connectivity index (χ3n) is 9.60. The fraction of sp³-hybridized carbons (Fsp3) is 0.421. The van der Waals surface area contributed by atoms with Crippen LogP contribution in [0.3, 0.4) is 0 Å². The summed E-state index contributed by atoms with van der Waals surface area (Å²) in [6.45, 7) is 4.09. The van der Waals surface area contributed by atoms with Gasteiger partial charge in [-0.1, -0.05) is 71.2 Å². The van der Waals surface area contributed by atoms with Gasteiger partial charge < -0.3 is 43.2 Å². The molecule has 4 atom stereocenters. The molecule has 3 aromatic carbocycles. The molecular weight excluding hydrogens is 783 g/mol. The van der Waals surface area contributed by atoms with Gasteiger partial charge in [-0.2, -0.15) is 0 Å². The third kappa shape index (κ3) is 8.04. The molecule has 0 radical (unpaired) electrons. The Morgan fingerprint density at radius 1 is 1.00 bits per heavy atom. The molecular formula is C38H39Cl3N2O12. The second-order valence-electron chi connectivity index (χ2n) is 13.2. The molecule has 6 rings (SSSR count). The summed E-state index contributed by atoms with van der Waals surface area (Å²) in [7, 11) is 1.48. The minimum Gasteiger partial charge on any atom is -0.493 e. The van der Waals surface area contributed by atoms with Crippen molar-refractivity contribution in [3.63, 3.8) is 0 Å². The number of aryl methyl sites for hydroxylation is 1. The molecule has 0 aliphatic carbocycles. The fourth-order valence-electron chi connectivity index (χ4n) is 7.44. The Labute approximate surface area is 331 Å². The Balaban J connectivity index is 1.57. The van der Waals surface area contributed by atoms with Gasteiger partial charge in [0.05, 0.1) is 31.8 Å². The number of benzene rings is 3. The van der Waals surface area contributed by atoms with Crippen LogP contribution in [0.2, 0.25) is 0 Å². The maximum atomic E-state index is 15.1. The first kappa shape index (κ1) is 40.0. The number of esters is 2. The zero-order valence-electron chi connectivity index (χ0n) is 30.6. The minimum absolute atomic E-state index is 0.0285. The first-order chi connectivity index (χ1) is 26.1. The van der Waals surface area contributed by atoms with Gasteiger partial charge in [0.15, 0.2) is 23.0 Å². The molecule has 1 saturated heterocycles. The lowest BCUT2D eigenvalue weighted by molar-refractivity contribution is -0.163. The van der Waals surface area contributed by atoms with E-state index < -0.39 is 71.7 Å². The van der Waals surface area contributed by atoms with Gasteiger partial charge in [-0.15, -0.1) is 0 Å². The molecule has 3 heterocycles. The summed E-state index contributed by atoms with van der Waals surface area (Å²) in [4.78, 5) is 56.3. The first-order valence-corrected chi connectivity index (χ1v) is 18.3. The summed E-state index contributed by atoms with van der Waals surface area (Å²) in [6, 6.07) is 7.91. The van der Waals surface area contributed by atoms with Crippen molar-refractivity contribution >= 4 is 58.7 Å². The smallest absolute Gasteiger partial charge is 0.411 e. The highest BCUT2D eigenvalue weighted by molar-refractivity contribution is 6.67. The predicted molar refractivity (Wildman–Crippen MR) is 198 cm³/mol. The molecule has 2 bridgehead atoms. The number of carbonyl (C=O) groups is 4. The number of alkyl halides is 3. The van der Waals surface area contributed by atoms with Crippen LogP contribution in [0, 0.1) is 13.8 Å². The van der Waals surface area contributed by atoms with E-state index in [0.29, 0.717) is 28.0 Å². The van der Waals surface area contributed by atoms with Crippen LogP contribution in [-0.2, 0) is 36.9 Å². The summed E-state index contributed by atoms with van der Waals surface area (Å²) < 4.78 is 38.7. The van der Waals surface area contributed by atoms with E-state index in [2.05, 4.69) is 0 Å². The van der Waals surface area contributed by atoms with Gasteiger partial charge in [-0.3, -0.25) is 19.3 Å². The number of ether oxygens (including phenoxy) is 7. The van der Waals surface area contributed by atoms with E-state index in [1.807, 2.05) is 43.3 Å². The lowest BCUT2D eigenvalue weighted by Gasteiger charge is -2.55. The number of piperazine rings is 1. The molecule has 3 aliphatic heterocycles. The van der Waals surface area contributed by atoms with Crippen molar-refractivity contribution in [2.75, 3.05) is 33.7 Å². The zero-order valence-corrected chi connectivity index (χ0v) is 32.8. The highest BCUT2D eigenvalue weighted by Gasteiger charge is 2.57. The standard InChI is InChI=1S/C38H39Cl3N2O12/c1-19-11-24-12-26-36(47)42(28(16-50-21(3)45)25-13-29(55-22(4)46)20(2)33-34(25)54-18-53-33)27(14-44)31(43(26)37(48)52-17-38(39,40)41)30(24)35(32(19)49-5)51-15-23-9-7-6-8-10-23/h6-11,13,26-28,31,44H,12,14-18H2,1-5H3/t26?,27-,28-,31-/m0/s1. The maximum Gasteiger partial charge on any atom is 0.411 e. The molecule has 0 spiro atoms. The summed E-state index contributed by atoms with van der Waals surface area (Å²) in [5, 5.41) is 11.4. The van der Waals surface area contributed by atoms with E-state index in [0.717, 1.165) is 5.56 Å². The van der Waals surface area contributed by atoms with Crippen molar-refractivity contribution in [1.29, 1.82) is 0 Å². The van der Waals surface area contributed by atoms with Gasteiger partial charge in [0, 0.05) is 37.0 Å². The highest BCUT2D eigenvalue weighted by atomic mass is 35.6. The molecule has 1 unspecified atom stereocenters. The number of rotatable bonds is 11. The third-order valence-corrected chi connectivity index (χ3v) is 9.93. The van der Waals surface area contributed by atoms with Gasteiger partial charge in [0.1, 0.15) is 31.6 Å².